The minimum Gasteiger partial charge on any atom is -0.438 e. The van der Waals surface area contributed by atoms with Crippen LogP contribution in [0.5, 0.6) is 5.75 Å². The van der Waals surface area contributed by atoms with Crippen LogP contribution >= 0.6 is 0 Å². The molecule has 0 aliphatic heterocycles. The summed E-state index contributed by atoms with van der Waals surface area (Å²) in [5.41, 5.74) is 1.71. The van der Waals surface area contributed by atoms with Crippen molar-refractivity contribution in [1.82, 2.24) is 29.8 Å². The van der Waals surface area contributed by atoms with E-state index in [1.165, 1.54) is 31.1 Å². The van der Waals surface area contributed by atoms with Crippen molar-refractivity contribution in [2.45, 2.75) is 32.2 Å². The standard InChI is InChI=1S/C25H23F6N7O4/c1-14-33-21(22-34-20(36-42-22)16-7-9-18(10-8-16)41-25(29,30)31)35-38(14)13-15-5-4-6-17(11-15)32-12-19(37(2)3)40-23(39)24(26,27)28/h4-11,19,32H,12-13H2,1-3H3. The number of carbonyl (C=O) groups is 1. The molecule has 0 spiro atoms. The van der Waals surface area contributed by atoms with Crippen LogP contribution in [0.3, 0.4) is 0 Å². The molecule has 224 valence electrons. The van der Waals surface area contributed by atoms with Gasteiger partial charge < -0.3 is 19.3 Å². The second-order valence-corrected chi connectivity index (χ2v) is 9.04. The Morgan fingerprint density at radius 2 is 1.76 bits per heavy atom. The van der Waals surface area contributed by atoms with E-state index in [2.05, 4.69) is 35.0 Å². The number of aryl methyl sites for hydroxylation is 1. The van der Waals surface area contributed by atoms with Gasteiger partial charge in [-0.3, -0.25) is 4.90 Å². The topological polar surface area (TPSA) is 120 Å². The number of likely N-dealkylation sites (N-methyl/N-ethyl adjacent to an activating group) is 1. The number of nitrogens with zero attached hydrogens (tertiary/aromatic N) is 6. The summed E-state index contributed by atoms with van der Waals surface area (Å²) in [6.45, 7) is 1.85. The third-order valence-corrected chi connectivity index (χ3v) is 5.61. The maximum Gasteiger partial charge on any atom is 0.573 e. The Balaban J connectivity index is 1.41. The Labute approximate surface area is 234 Å². The molecule has 0 saturated carbocycles. The van der Waals surface area contributed by atoms with Gasteiger partial charge in [0.25, 0.3) is 5.89 Å². The molecule has 0 saturated heterocycles. The summed E-state index contributed by atoms with van der Waals surface area (Å²) < 4.78 is 90.1. The molecule has 0 radical (unpaired) electrons. The minimum absolute atomic E-state index is 0.0129. The maximum atomic E-state index is 12.6. The normalized spacial score (nSPS) is 12.8. The van der Waals surface area contributed by atoms with Gasteiger partial charge in [0.1, 0.15) is 11.6 Å². The lowest BCUT2D eigenvalue weighted by atomic mass is 10.2. The van der Waals surface area contributed by atoms with Crippen LogP contribution in [0.4, 0.5) is 32.0 Å². The zero-order valence-corrected chi connectivity index (χ0v) is 22.2. The maximum absolute atomic E-state index is 12.6. The molecule has 1 atom stereocenters. The van der Waals surface area contributed by atoms with Crippen molar-refractivity contribution in [3.05, 3.63) is 59.9 Å². The quantitative estimate of drug-likeness (QED) is 0.157. The molecule has 2 heterocycles. The van der Waals surface area contributed by atoms with Crippen molar-refractivity contribution in [2.75, 3.05) is 26.0 Å². The van der Waals surface area contributed by atoms with Crippen LogP contribution in [-0.4, -0.2) is 75.2 Å². The molecule has 0 fully saturated rings. The zero-order valence-electron chi connectivity index (χ0n) is 22.2. The van der Waals surface area contributed by atoms with Crippen LogP contribution in [0.1, 0.15) is 11.4 Å². The van der Waals surface area contributed by atoms with Gasteiger partial charge in [0, 0.05) is 11.3 Å². The smallest absolute Gasteiger partial charge is 0.438 e. The van der Waals surface area contributed by atoms with Crippen molar-refractivity contribution < 1.29 is 45.1 Å². The first-order valence-electron chi connectivity index (χ1n) is 12.1. The van der Waals surface area contributed by atoms with E-state index in [4.69, 9.17) is 4.52 Å². The molecule has 0 bridgehead atoms. The number of aromatic nitrogens is 5. The van der Waals surface area contributed by atoms with Crippen LogP contribution in [0.2, 0.25) is 0 Å². The van der Waals surface area contributed by atoms with Crippen LogP contribution in [0, 0.1) is 6.92 Å². The highest BCUT2D eigenvalue weighted by Gasteiger charge is 2.42. The number of hydrogen-bond acceptors (Lipinski definition) is 10. The van der Waals surface area contributed by atoms with E-state index in [-0.39, 0.29) is 30.6 Å². The fourth-order valence-corrected chi connectivity index (χ4v) is 3.58. The van der Waals surface area contributed by atoms with Gasteiger partial charge in [0.05, 0.1) is 13.1 Å². The summed E-state index contributed by atoms with van der Waals surface area (Å²) in [4.78, 5) is 21.1. The molecular weight excluding hydrogens is 576 g/mol. The monoisotopic (exact) mass is 599 g/mol. The predicted octanol–water partition coefficient (Wildman–Crippen LogP) is 4.66. The molecule has 2 aromatic carbocycles. The van der Waals surface area contributed by atoms with Crippen molar-refractivity contribution >= 4 is 11.7 Å². The van der Waals surface area contributed by atoms with E-state index < -0.39 is 30.5 Å². The van der Waals surface area contributed by atoms with E-state index >= 15 is 0 Å². The van der Waals surface area contributed by atoms with E-state index in [1.54, 1.807) is 35.9 Å². The summed E-state index contributed by atoms with van der Waals surface area (Å²) >= 11 is 0. The number of alkyl halides is 6. The minimum atomic E-state index is -5.11. The van der Waals surface area contributed by atoms with E-state index in [0.717, 1.165) is 17.7 Å². The highest BCUT2D eigenvalue weighted by molar-refractivity contribution is 5.75. The largest absolute Gasteiger partial charge is 0.573 e. The van der Waals surface area contributed by atoms with Crippen molar-refractivity contribution in [2.24, 2.45) is 0 Å². The Morgan fingerprint density at radius 3 is 2.40 bits per heavy atom. The first-order chi connectivity index (χ1) is 19.7. The van der Waals surface area contributed by atoms with E-state index in [1.807, 2.05) is 0 Å². The van der Waals surface area contributed by atoms with Gasteiger partial charge in [0.2, 0.25) is 11.6 Å². The average molecular weight is 599 g/mol. The summed E-state index contributed by atoms with van der Waals surface area (Å²) in [6.07, 6.45) is -11.1. The van der Waals surface area contributed by atoms with Gasteiger partial charge in [-0.2, -0.15) is 18.2 Å². The number of anilines is 1. The molecule has 4 rings (SSSR count). The lowest BCUT2D eigenvalue weighted by Crippen LogP contribution is -2.41. The number of esters is 1. The Morgan fingerprint density at radius 1 is 1.05 bits per heavy atom. The van der Waals surface area contributed by atoms with Crippen LogP contribution in [-0.2, 0) is 16.1 Å². The predicted molar refractivity (Wildman–Crippen MR) is 134 cm³/mol. The Kier molecular flexibility index (Phi) is 8.70. The van der Waals surface area contributed by atoms with Gasteiger partial charge in [0.15, 0.2) is 6.23 Å². The number of nitrogens with one attached hydrogen (secondary N) is 1. The number of halogens is 6. The lowest BCUT2D eigenvalue weighted by Gasteiger charge is -2.25. The highest BCUT2D eigenvalue weighted by atomic mass is 19.4. The molecule has 2 aromatic heterocycles. The molecule has 4 aromatic rings. The Bertz CT molecular complexity index is 1520. The fourth-order valence-electron chi connectivity index (χ4n) is 3.58. The molecular formula is C25H23F6N7O4. The van der Waals surface area contributed by atoms with Gasteiger partial charge in [-0.25, -0.2) is 14.5 Å². The second kappa shape index (κ2) is 12.1. The molecule has 17 heteroatoms. The third kappa shape index (κ3) is 7.96. The number of rotatable bonds is 10. The summed E-state index contributed by atoms with van der Waals surface area (Å²) in [7, 11) is 2.96. The molecule has 0 aliphatic carbocycles. The molecule has 11 nitrogen and oxygen atoms in total. The number of ether oxygens (including phenoxy) is 2. The fraction of sp³-hybridized carbons (Fsp3) is 0.320. The van der Waals surface area contributed by atoms with Crippen molar-refractivity contribution in [1.29, 1.82) is 0 Å². The first kappa shape index (κ1) is 30.3. The SMILES string of the molecule is Cc1nc(-c2nc(-c3ccc(OC(F)(F)F)cc3)no2)nn1Cc1cccc(NCC(OC(=O)C(F)(F)F)N(C)C)c1. The average Bonchev–Trinajstić information content (AvgIpc) is 3.52. The van der Waals surface area contributed by atoms with Crippen LogP contribution < -0.4 is 10.1 Å². The lowest BCUT2D eigenvalue weighted by molar-refractivity contribution is -0.274. The number of benzene rings is 2. The molecule has 0 amide bonds. The number of hydrogen-bond donors (Lipinski definition) is 1. The zero-order chi connectivity index (χ0) is 30.7. The van der Waals surface area contributed by atoms with Gasteiger partial charge in [-0.1, -0.05) is 17.3 Å². The number of carbonyl (C=O) groups excluding carboxylic acids is 1. The van der Waals surface area contributed by atoms with Crippen LogP contribution in [0.15, 0.2) is 53.1 Å². The molecule has 1 unspecified atom stereocenters. The van der Waals surface area contributed by atoms with Gasteiger partial charge in [-0.05, 0) is 63.0 Å². The van der Waals surface area contributed by atoms with E-state index in [0.29, 0.717) is 17.1 Å². The summed E-state index contributed by atoms with van der Waals surface area (Å²) in [5.74, 6) is -1.96. The van der Waals surface area contributed by atoms with E-state index in [9.17, 15) is 31.1 Å². The first-order valence-corrected chi connectivity index (χ1v) is 12.1. The molecule has 1 N–H and O–H groups in total. The summed E-state index contributed by atoms with van der Waals surface area (Å²) in [6, 6.07) is 11.9. The third-order valence-electron chi connectivity index (χ3n) is 5.61. The molecule has 42 heavy (non-hydrogen) atoms. The molecule has 0 aliphatic rings. The second-order valence-electron chi connectivity index (χ2n) is 9.04. The Hall–Kier alpha value is -4.67. The summed E-state index contributed by atoms with van der Waals surface area (Å²) in [5, 5.41) is 11.2. The highest BCUT2D eigenvalue weighted by Crippen LogP contribution is 2.26. The van der Waals surface area contributed by atoms with Gasteiger partial charge >= 0.3 is 18.5 Å². The van der Waals surface area contributed by atoms with Crippen molar-refractivity contribution in [3.63, 3.8) is 0 Å². The van der Waals surface area contributed by atoms with Crippen LogP contribution in [0.25, 0.3) is 23.1 Å². The van der Waals surface area contributed by atoms with Crippen molar-refractivity contribution in [3.8, 4) is 28.9 Å². The van der Waals surface area contributed by atoms with Gasteiger partial charge in [-0.15, -0.1) is 18.3 Å².